The molecule has 0 aromatic heterocycles. The summed E-state index contributed by atoms with van der Waals surface area (Å²) in [5, 5.41) is 9.20. The molecule has 0 unspecified atom stereocenters. The van der Waals surface area contributed by atoms with Crippen molar-refractivity contribution in [1.82, 2.24) is 0 Å². The lowest BCUT2D eigenvalue weighted by Crippen LogP contribution is -2.06. The molecule has 0 amide bonds. The quantitative estimate of drug-likeness (QED) is 0.801. The summed E-state index contributed by atoms with van der Waals surface area (Å²) >= 11 is 3.47. The summed E-state index contributed by atoms with van der Waals surface area (Å²) in [5.74, 6) is 0. The molecule has 1 aliphatic rings. The molecule has 2 heteroatoms. The minimum Gasteiger partial charge on any atom is -0.392 e. The molecule has 0 saturated heterocycles. The third kappa shape index (κ3) is 1.79. The monoisotopic (exact) mass is 240 g/mol. The lowest BCUT2D eigenvalue weighted by Gasteiger charge is -2.19. The van der Waals surface area contributed by atoms with Gasteiger partial charge in [-0.2, -0.15) is 0 Å². The van der Waals surface area contributed by atoms with Gasteiger partial charge in [-0.3, -0.25) is 0 Å². The summed E-state index contributed by atoms with van der Waals surface area (Å²) < 4.78 is 1.09. The molecular weight excluding hydrogens is 228 g/mol. The van der Waals surface area contributed by atoms with E-state index >= 15 is 0 Å². The number of benzene rings is 1. The molecule has 1 N–H and O–H groups in total. The summed E-state index contributed by atoms with van der Waals surface area (Å²) in [4.78, 5) is 0. The van der Waals surface area contributed by atoms with Gasteiger partial charge >= 0.3 is 0 Å². The highest BCUT2D eigenvalue weighted by Gasteiger charge is 2.13. The molecule has 1 aromatic rings. The van der Waals surface area contributed by atoms with Crippen molar-refractivity contribution in [1.29, 1.82) is 0 Å². The lowest BCUT2D eigenvalue weighted by molar-refractivity contribution is 0.280. The van der Waals surface area contributed by atoms with Crippen molar-refractivity contribution < 1.29 is 5.11 Å². The van der Waals surface area contributed by atoms with Gasteiger partial charge in [0.2, 0.25) is 0 Å². The number of hydrogen-bond donors (Lipinski definition) is 1. The molecule has 0 aliphatic heterocycles. The first-order valence-corrected chi connectivity index (χ1v) is 5.51. The SMILES string of the molecule is OCc1cc(Br)cc2c1CCCC2. The molecular formula is C11H13BrO. The first kappa shape index (κ1) is 9.22. The van der Waals surface area contributed by atoms with E-state index in [1.54, 1.807) is 0 Å². The number of halogens is 1. The average molecular weight is 241 g/mol. The van der Waals surface area contributed by atoms with Crippen LogP contribution in [-0.2, 0) is 19.4 Å². The first-order chi connectivity index (χ1) is 6.31. The fourth-order valence-electron chi connectivity index (χ4n) is 2.06. The maximum Gasteiger partial charge on any atom is 0.0685 e. The third-order valence-corrected chi connectivity index (χ3v) is 3.15. The van der Waals surface area contributed by atoms with Crippen LogP contribution in [0.4, 0.5) is 0 Å². The molecule has 0 heterocycles. The molecule has 1 aliphatic carbocycles. The van der Waals surface area contributed by atoms with Crippen LogP contribution in [0.2, 0.25) is 0 Å². The van der Waals surface area contributed by atoms with Crippen molar-refractivity contribution in [2.75, 3.05) is 0 Å². The Balaban J connectivity index is 2.50. The summed E-state index contributed by atoms with van der Waals surface area (Å²) in [6.07, 6.45) is 4.86. The maximum atomic E-state index is 9.20. The fourth-order valence-corrected chi connectivity index (χ4v) is 2.61. The average Bonchev–Trinajstić information content (AvgIpc) is 2.16. The lowest BCUT2D eigenvalue weighted by atomic mass is 9.88. The van der Waals surface area contributed by atoms with Crippen LogP contribution in [0, 0.1) is 0 Å². The summed E-state index contributed by atoms with van der Waals surface area (Å²) in [6.45, 7) is 0.168. The van der Waals surface area contributed by atoms with Gasteiger partial charge < -0.3 is 5.11 Å². The molecule has 0 saturated carbocycles. The Labute approximate surface area is 86.9 Å². The highest BCUT2D eigenvalue weighted by atomic mass is 79.9. The predicted molar refractivity (Wildman–Crippen MR) is 56.7 cm³/mol. The minimum absolute atomic E-state index is 0.168. The Kier molecular flexibility index (Phi) is 2.70. The van der Waals surface area contributed by atoms with Gasteiger partial charge in [0.05, 0.1) is 6.61 Å². The van der Waals surface area contributed by atoms with E-state index in [1.807, 2.05) is 6.07 Å². The van der Waals surface area contributed by atoms with Crippen LogP contribution in [-0.4, -0.2) is 5.11 Å². The Morgan fingerprint density at radius 3 is 2.77 bits per heavy atom. The van der Waals surface area contributed by atoms with Crippen LogP contribution in [0.15, 0.2) is 16.6 Å². The zero-order chi connectivity index (χ0) is 9.26. The number of aryl methyl sites for hydroxylation is 1. The molecule has 2 rings (SSSR count). The van der Waals surface area contributed by atoms with Gasteiger partial charge in [-0.1, -0.05) is 15.9 Å². The van der Waals surface area contributed by atoms with E-state index in [4.69, 9.17) is 0 Å². The molecule has 70 valence electrons. The van der Waals surface area contributed by atoms with E-state index < -0.39 is 0 Å². The van der Waals surface area contributed by atoms with Crippen molar-refractivity contribution in [3.63, 3.8) is 0 Å². The Morgan fingerprint density at radius 1 is 1.23 bits per heavy atom. The van der Waals surface area contributed by atoms with Gasteiger partial charge in [-0.15, -0.1) is 0 Å². The molecule has 0 spiro atoms. The van der Waals surface area contributed by atoms with Crippen LogP contribution in [0.25, 0.3) is 0 Å². The molecule has 1 nitrogen and oxygen atoms in total. The molecule has 0 bridgehead atoms. The Morgan fingerprint density at radius 2 is 2.00 bits per heavy atom. The topological polar surface area (TPSA) is 20.2 Å². The zero-order valence-electron chi connectivity index (χ0n) is 7.52. The van der Waals surface area contributed by atoms with Crippen molar-refractivity contribution in [3.8, 4) is 0 Å². The van der Waals surface area contributed by atoms with Crippen molar-refractivity contribution >= 4 is 15.9 Å². The maximum absolute atomic E-state index is 9.20. The largest absolute Gasteiger partial charge is 0.392 e. The van der Waals surface area contributed by atoms with Gasteiger partial charge in [0, 0.05) is 4.47 Å². The van der Waals surface area contributed by atoms with Crippen molar-refractivity contribution in [2.24, 2.45) is 0 Å². The van der Waals surface area contributed by atoms with Crippen LogP contribution in [0.3, 0.4) is 0 Å². The molecule has 1 aromatic carbocycles. The van der Waals surface area contributed by atoms with E-state index in [1.165, 1.54) is 30.4 Å². The third-order valence-electron chi connectivity index (χ3n) is 2.69. The van der Waals surface area contributed by atoms with Crippen molar-refractivity contribution in [3.05, 3.63) is 33.3 Å². The number of hydrogen-bond acceptors (Lipinski definition) is 1. The van der Waals surface area contributed by atoms with Crippen LogP contribution in [0.5, 0.6) is 0 Å². The van der Waals surface area contributed by atoms with Crippen molar-refractivity contribution in [2.45, 2.75) is 32.3 Å². The van der Waals surface area contributed by atoms with Gasteiger partial charge in [0.15, 0.2) is 0 Å². The van der Waals surface area contributed by atoms with Crippen LogP contribution >= 0.6 is 15.9 Å². The number of aliphatic hydroxyl groups is 1. The highest BCUT2D eigenvalue weighted by molar-refractivity contribution is 9.10. The molecule has 0 radical (unpaired) electrons. The Hall–Kier alpha value is -0.340. The standard InChI is InChI=1S/C11H13BrO/c12-10-5-8-3-1-2-4-11(8)9(6-10)7-13/h5-6,13H,1-4,7H2. The van der Waals surface area contributed by atoms with Crippen LogP contribution < -0.4 is 0 Å². The second-order valence-corrected chi connectivity index (χ2v) is 4.48. The smallest absolute Gasteiger partial charge is 0.0685 e. The van der Waals surface area contributed by atoms with Crippen LogP contribution in [0.1, 0.15) is 29.5 Å². The fraction of sp³-hybridized carbons (Fsp3) is 0.455. The normalized spacial score (nSPS) is 15.5. The highest BCUT2D eigenvalue weighted by Crippen LogP contribution is 2.28. The number of aliphatic hydroxyl groups excluding tert-OH is 1. The first-order valence-electron chi connectivity index (χ1n) is 4.72. The summed E-state index contributed by atoms with van der Waals surface area (Å²) in [7, 11) is 0. The second-order valence-electron chi connectivity index (χ2n) is 3.57. The molecule has 0 atom stereocenters. The van der Waals surface area contributed by atoms with Gasteiger partial charge in [-0.25, -0.2) is 0 Å². The number of rotatable bonds is 1. The minimum atomic E-state index is 0.168. The van der Waals surface area contributed by atoms with E-state index in [-0.39, 0.29) is 6.61 Å². The van der Waals surface area contributed by atoms with E-state index in [2.05, 4.69) is 22.0 Å². The Bertz CT molecular complexity index is 303. The molecule has 0 fully saturated rings. The summed E-state index contributed by atoms with van der Waals surface area (Å²) in [5.41, 5.74) is 3.91. The van der Waals surface area contributed by atoms with E-state index in [9.17, 15) is 5.11 Å². The summed E-state index contributed by atoms with van der Waals surface area (Å²) in [6, 6.07) is 4.22. The van der Waals surface area contributed by atoms with Gasteiger partial charge in [0.25, 0.3) is 0 Å². The number of fused-ring (bicyclic) bond motifs is 1. The van der Waals surface area contributed by atoms with Gasteiger partial charge in [-0.05, 0) is 54.5 Å². The zero-order valence-corrected chi connectivity index (χ0v) is 9.10. The second kappa shape index (κ2) is 3.81. The van der Waals surface area contributed by atoms with E-state index in [0.29, 0.717) is 0 Å². The van der Waals surface area contributed by atoms with Gasteiger partial charge in [0.1, 0.15) is 0 Å². The molecule has 13 heavy (non-hydrogen) atoms. The van der Waals surface area contributed by atoms with E-state index in [0.717, 1.165) is 16.5 Å². The predicted octanol–water partition coefficient (Wildman–Crippen LogP) is 2.82.